The minimum absolute atomic E-state index is 0.228. The number of halogens is 2. The normalized spacial score (nSPS) is 14.8. The zero-order valence-corrected chi connectivity index (χ0v) is 14.2. The second-order valence-electron chi connectivity index (χ2n) is 5.58. The van der Waals surface area contributed by atoms with Gasteiger partial charge in [-0.25, -0.2) is 4.39 Å². The number of anilines is 1. The van der Waals surface area contributed by atoms with Gasteiger partial charge in [-0.15, -0.1) is 0 Å². The fourth-order valence-corrected chi connectivity index (χ4v) is 3.07. The lowest BCUT2D eigenvalue weighted by Gasteiger charge is -2.18. The largest absolute Gasteiger partial charge is 0.369 e. The predicted molar refractivity (Wildman–Crippen MR) is 95.5 cm³/mol. The Labute approximate surface area is 144 Å². The van der Waals surface area contributed by atoms with Gasteiger partial charge in [-0.2, -0.15) is 5.26 Å². The summed E-state index contributed by atoms with van der Waals surface area (Å²) in [5, 5.41) is 9.37. The molecule has 0 amide bonds. The van der Waals surface area contributed by atoms with E-state index < -0.39 is 0 Å². The van der Waals surface area contributed by atoms with Crippen LogP contribution in [0.1, 0.15) is 24.0 Å². The van der Waals surface area contributed by atoms with Crippen molar-refractivity contribution in [1.29, 1.82) is 5.26 Å². The van der Waals surface area contributed by atoms with Gasteiger partial charge in [0.05, 0.1) is 17.3 Å². The van der Waals surface area contributed by atoms with Crippen molar-refractivity contribution in [1.82, 2.24) is 0 Å². The van der Waals surface area contributed by atoms with Crippen LogP contribution in [0.15, 0.2) is 46.9 Å². The molecule has 1 aliphatic heterocycles. The molecule has 1 fully saturated rings. The number of allylic oxidation sites excluding steroid dienone is 1. The fourth-order valence-electron chi connectivity index (χ4n) is 2.80. The summed E-state index contributed by atoms with van der Waals surface area (Å²) >= 11 is 3.38. The van der Waals surface area contributed by atoms with Crippen LogP contribution in [0.25, 0.3) is 11.6 Å². The first-order valence-corrected chi connectivity index (χ1v) is 8.39. The summed E-state index contributed by atoms with van der Waals surface area (Å²) in [6.45, 7) is 1.82. The molecule has 0 aromatic heterocycles. The summed E-state index contributed by atoms with van der Waals surface area (Å²) < 4.78 is 15.3. The molecule has 0 atom stereocenters. The summed E-state index contributed by atoms with van der Waals surface area (Å²) in [6.07, 6.45) is 3.95. The van der Waals surface area contributed by atoms with Crippen molar-refractivity contribution in [3.8, 4) is 6.07 Å². The fraction of sp³-hybridized carbons (Fsp3) is 0.211. The van der Waals surface area contributed by atoms with Crippen LogP contribution in [0.3, 0.4) is 0 Å². The lowest BCUT2D eigenvalue weighted by Crippen LogP contribution is -2.18. The lowest BCUT2D eigenvalue weighted by molar-refractivity contribution is 0.623. The molecule has 0 unspecified atom stereocenters. The van der Waals surface area contributed by atoms with Gasteiger partial charge in [-0.05, 0) is 54.3 Å². The van der Waals surface area contributed by atoms with Gasteiger partial charge in [0.2, 0.25) is 0 Å². The minimum atomic E-state index is -0.228. The van der Waals surface area contributed by atoms with Crippen molar-refractivity contribution in [2.24, 2.45) is 0 Å². The highest BCUT2D eigenvalue weighted by Crippen LogP contribution is 2.26. The van der Waals surface area contributed by atoms with Crippen LogP contribution in [-0.2, 0) is 0 Å². The highest BCUT2D eigenvalue weighted by molar-refractivity contribution is 9.10. The predicted octanol–water partition coefficient (Wildman–Crippen LogP) is 5.25. The lowest BCUT2D eigenvalue weighted by atomic mass is 10.0. The van der Waals surface area contributed by atoms with E-state index in [1.54, 1.807) is 6.08 Å². The molecule has 2 nitrogen and oxygen atoms in total. The number of nitrogens with zero attached hydrogens (tertiary/aromatic N) is 2. The Bertz CT molecular complexity index is 769. The quantitative estimate of drug-likeness (QED) is 0.544. The van der Waals surface area contributed by atoms with Gasteiger partial charge in [0.25, 0.3) is 0 Å². The van der Waals surface area contributed by atoms with E-state index in [2.05, 4.69) is 26.9 Å². The van der Waals surface area contributed by atoms with Crippen molar-refractivity contribution in [3.05, 3.63) is 63.9 Å². The molecule has 2 aromatic carbocycles. The third-order valence-corrected chi connectivity index (χ3v) is 4.53. The van der Waals surface area contributed by atoms with Gasteiger partial charge >= 0.3 is 0 Å². The first-order valence-electron chi connectivity index (χ1n) is 7.59. The molecular formula is C19H16BrFN2. The molecule has 116 valence electrons. The number of benzene rings is 2. The summed E-state index contributed by atoms with van der Waals surface area (Å²) in [5.41, 5.74) is 2.69. The standard InChI is InChI=1S/C19H16BrFN2/c20-17-6-4-15(5-7-17)16(13-22)11-14-3-8-19(18(21)12-14)23-9-1-2-10-23/h3-8,11-12H,1-2,9-10H2/b16-11-. The molecule has 23 heavy (non-hydrogen) atoms. The second kappa shape index (κ2) is 6.97. The van der Waals surface area contributed by atoms with Gasteiger partial charge in [0, 0.05) is 17.6 Å². The second-order valence-corrected chi connectivity index (χ2v) is 6.50. The summed E-state index contributed by atoms with van der Waals surface area (Å²) in [5.74, 6) is -0.228. The number of hydrogen-bond acceptors (Lipinski definition) is 2. The Morgan fingerprint density at radius 2 is 1.83 bits per heavy atom. The first-order chi connectivity index (χ1) is 11.2. The maximum absolute atomic E-state index is 14.4. The van der Waals surface area contributed by atoms with Crippen molar-refractivity contribution in [2.45, 2.75) is 12.8 Å². The SMILES string of the molecule is N#C/C(=C/c1ccc(N2CCCC2)c(F)c1)c1ccc(Br)cc1. The maximum Gasteiger partial charge on any atom is 0.147 e. The van der Waals surface area contributed by atoms with Crippen LogP contribution in [0.4, 0.5) is 10.1 Å². The summed E-state index contributed by atoms with van der Waals surface area (Å²) in [7, 11) is 0. The van der Waals surface area contributed by atoms with E-state index in [-0.39, 0.29) is 5.82 Å². The van der Waals surface area contributed by atoms with Crippen LogP contribution in [0.2, 0.25) is 0 Å². The number of nitriles is 1. The van der Waals surface area contributed by atoms with Gasteiger partial charge in [0.15, 0.2) is 0 Å². The van der Waals surface area contributed by atoms with E-state index in [1.807, 2.05) is 36.4 Å². The van der Waals surface area contributed by atoms with E-state index in [0.717, 1.165) is 36.0 Å². The van der Waals surface area contributed by atoms with Crippen LogP contribution in [0, 0.1) is 17.1 Å². The number of hydrogen-bond donors (Lipinski definition) is 0. The van der Waals surface area contributed by atoms with Crippen molar-refractivity contribution >= 4 is 33.3 Å². The average molecular weight is 371 g/mol. The molecule has 3 rings (SSSR count). The van der Waals surface area contributed by atoms with Crippen molar-refractivity contribution in [3.63, 3.8) is 0 Å². The molecule has 0 spiro atoms. The third kappa shape index (κ3) is 3.62. The van der Waals surface area contributed by atoms with Crippen LogP contribution >= 0.6 is 15.9 Å². The monoisotopic (exact) mass is 370 g/mol. The zero-order chi connectivity index (χ0) is 16.2. The van der Waals surface area contributed by atoms with E-state index in [4.69, 9.17) is 0 Å². The van der Waals surface area contributed by atoms with Crippen molar-refractivity contribution in [2.75, 3.05) is 18.0 Å². The Kier molecular flexibility index (Phi) is 4.78. The number of rotatable bonds is 3. The molecule has 1 saturated heterocycles. The highest BCUT2D eigenvalue weighted by atomic mass is 79.9. The molecule has 0 aliphatic carbocycles. The maximum atomic E-state index is 14.4. The van der Waals surface area contributed by atoms with E-state index in [9.17, 15) is 9.65 Å². The highest BCUT2D eigenvalue weighted by Gasteiger charge is 2.16. The molecular weight excluding hydrogens is 355 g/mol. The first kappa shape index (κ1) is 15.8. The average Bonchev–Trinajstić information content (AvgIpc) is 3.08. The molecule has 1 heterocycles. The Hall–Kier alpha value is -2.12. The summed E-state index contributed by atoms with van der Waals surface area (Å²) in [4.78, 5) is 2.07. The van der Waals surface area contributed by atoms with Crippen LogP contribution in [0.5, 0.6) is 0 Å². The molecule has 0 bridgehead atoms. The van der Waals surface area contributed by atoms with E-state index in [0.29, 0.717) is 16.8 Å². The Morgan fingerprint density at radius 3 is 2.43 bits per heavy atom. The van der Waals surface area contributed by atoms with E-state index in [1.165, 1.54) is 6.07 Å². The third-order valence-electron chi connectivity index (χ3n) is 4.01. The van der Waals surface area contributed by atoms with Gasteiger partial charge in [-0.3, -0.25) is 0 Å². The van der Waals surface area contributed by atoms with Gasteiger partial charge in [0.1, 0.15) is 5.82 Å². The van der Waals surface area contributed by atoms with Gasteiger partial charge < -0.3 is 4.90 Å². The molecule has 0 radical (unpaired) electrons. The van der Waals surface area contributed by atoms with Gasteiger partial charge in [-0.1, -0.05) is 34.1 Å². The molecule has 4 heteroatoms. The van der Waals surface area contributed by atoms with Crippen LogP contribution in [-0.4, -0.2) is 13.1 Å². The minimum Gasteiger partial charge on any atom is -0.369 e. The molecule has 0 N–H and O–H groups in total. The van der Waals surface area contributed by atoms with Crippen LogP contribution < -0.4 is 4.90 Å². The molecule has 2 aromatic rings. The zero-order valence-electron chi connectivity index (χ0n) is 12.6. The summed E-state index contributed by atoms with van der Waals surface area (Å²) in [6, 6.07) is 14.9. The topological polar surface area (TPSA) is 27.0 Å². The Balaban J connectivity index is 1.90. The Morgan fingerprint density at radius 1 is 1.13 bits per heavy atom. The van der Waals surface area contributed by atoms with Crippen molar-refractivity contribution < 1.29 is 4.39 Å². The smallest absolute Gasteiger partial charge is 0.147 e. The molecule has 0 saturated carbocycles. The van der Waals surface area contributed by atoms with E-state index >= 15 is 0 Å². The molecule has 1 aliphatic rings.